The van der Waals surface area contributed by atoms with Crippen molar-refractivity contribution in [2.24, 2.45) is 0 Å². The Bertz CT molecular complexity index is 319. The number of hydrogen-bond acceptors (Lipinski definition) is 4. The molecule has 1 aromatic rings. The zero-order valence-electron chi connectivity index (χ0n) is 10.6. The summed E-state index contributed by atoms with van der Waals surface area (Å²) in [6.07, 6.45) is 8.31. The summed E-state index contributed by atoms with van der Waals surface area (Å²) < 4.78 is 1.22. The first-order valence-electron chi connectivity index (χ1n) is 6.63. The Hall–Kier alpha value is -0.0600. The minimum atomic E-state index is 0.802. The molecule has 0 atom stereocenters. The molecule has 1 heterocycles. The van der Waals surface area contributed by atoms with Crippen molar-refractivity contribution in [1.82, 2.24) is 10.3 Å². The predicted molar refractivity (Wildman–Crippen MR) is 77.1 cm³/mol. The summed E-state index contributed by atoms with van der Waals surface area (Å²) in [7, 11) is 0. The second kappa shape index (κ2) is 7.39. The molecule has 2 nitrogen and oxygen atoms in total. The minimum Gasteiger partial charge on any atom is -0.314 e. The molecule has 17 heavy (non-hydrogen) atoms. The van der Waals surface area contributed by atoms with Gasteiger partial charge in [0, 0.05) is 22.9 Å². The van der Waals surface area contributed by atoms with Gasteiger partial charge in [-0.15, -0.1) is 11.3 Å². The Labute approximate surface area is 113 Å². The number of aryl methyl sites for hydroxylation is 1. The molecule has 1 saturated carbocycles. The first-order valence-corrected chi connectivity index (χ1v) is 8.49. The first kappa shape index (κ1) is 13.4. The van der Waals surface area contributed by atoms with Gasteiger partial charge in [-0.1, -0.05) is 31.0 Å². The molecule has 1 aliphatic rings. The van der Waals surface area contributed by atoms with Crippen molar-refractivity contribution in [1.29, 1.82) is 0 Å². The van der Waals surface area contributed by atoms with Crippen molar-refractivity contribution >= 4 is 23.1 Å². The van der Waals surface area contributed by atoms with Gasteiger partial charge in [-0.2, -0.15) is 0 Å². The third-order valence-corrected chi connectivity index (χ3v) is 5.41. The molecule has 0 unspecified atom stereocenters. The van der Waals surface area contributed by atoms with Gasteiger partial charge in [0.05, 0.1) is 0 Å². The number of nitrogens with zero attached hydrogens (tertiary/aromatic N) is 1. The van der Waals surface area contributed by atoms with Gasteiger partial charge in [0.2, 0.25) is 0 Å². The summed E-state index contributed by atoms with van der Waals surface area (Å²) in [5.41, 5.74) is 1.15. The second-order valence-corrected chi connectivity index (χ2v) is 6.95. The number of nitrogens with one attached hydrogen (secondary N) is 1. The number of aromatic nitrogens is 1. The van der Waals surface area contributed by atoms with E-state index in [1.807, 2.05) is 11.8 Å². The van der Waals surface area contributed by atoms with Crippen LogP contribution in [0.4, 0.5) is 0 Å². The van der Waals surface area contributed by atoms with Gasteiger partial charge in [0.1, 0.15) is 4.34 Å². The fraction of sp³-hybridized carbons (Fsp3) is 0.769. The van der Waals surface area contributed by atoms with E-state index < -0.39 is 0 Å². The lowest BCUT2D eigenvalue weighted by Gasteiger charge is -2.22. The molecule has 2 rings (SSSR count). The quantitative estimate of drug-likeness (QED) is 0.628. The Morgan fingerprint density at radius 3 is 2.94 bits per heavy atom. The molecule has 4 heteroatoms. The molecule has 0 bridgehead atoms. The fourth-order valence-corrected chi connectivity index (χ4v) is 4.10. The van der Waals surface area contributed by atoms with Crippen molar-refractivity contribution < 1.29 is 0 Å². The summed E-state index contributed by atoms with van der Waals surface area (Å²) in [5.74, 6) is 1.19. The summed E-state index contributed by atoms with van der Waals surface area (Å²) >= 11 is 3.66. The number of rotatable bonds is 6. The number of thioether (sulfide) groups is 1. The van der Waals surface area contributed by atoms with Crippen LogP contribution in [0.1, 0.15) is 44.2 Å². The monoisotopic (exact) mass is 270 g/mol. The zero-order chi connectivity index (χ0) is 11.9. The zero-order valence-corrected chi connectivity index (χ0v) is 12.2. The van der Waals surface area contributed by atoms with E-state index in [9.17, 15) is 0 Å². The highest BCUT2D eigenvalue weighted by Gasteiger charge is 2.11. The van der Waals surface area contributed by atoms with Gasteiger partial charge in [0.15, 0.2) is 0 Å². The van der Waals surface area contributed by atoms with E-state index in [4.69, 9.17) is 0 Å². The molecule has 1 aromatic heterocycles. The molecule has 0 spiro atoms. The van der Waals surface area contributed by atoms with E-state index in [1.54, 1.807) is 11.3 Å². The van der Waals surface area contributed by atoms with Gasteiger partial charge < -0.3 is 5.32 Å². The molecule has 0 saturated heterocycles. The molecule has 0 aliphatic heterocycles. The first-order chi connectivity index (χ1) is 8.34. The van der Waals surface area contributed by atoms with Crippen LogP contribution >= 0.6 is 23.1 Å². The molecule has 0 radical (unpaired) electrons. The van der Waals surface area contributed by atoms with Crippen molar-refractivity contribution in [2.75, 3.05) is 12.3 Å². The number of hydrogen-bond donors (Lipinski definition) is 1. The van der Waals surface area contributed by atoms with Crippen LogP contribution in [0.2, 0.25) is 0 Å². The van der Waals surface area contributed by atoms with Crippen LogP contribution in [0.5, 0.6) is 0 Å². The SMILES string of the molecule is Cc1csc(SCCCNC2CCCCC2)n1. The van der Waals surface area contributed by atoms with Crippen LogP contribution in [0.25, 0.3) is 0 Å². The maximum Gasteiger partial charge on any atom is 0.150 e. The molecule has 1 fully saturated rings. The summed E-state index contributed by atoms with van der Waals surface area (Å²) in [6, 6.07) is 0.802. The Balaban J connectivity index is 1.51. The highest BCUT2D eigenvalue weighted by molar-refractivity contribution is 8.00. The molecular weight excluding hydrogens is 248 g/mol. The second-order valence-electron chi connectivity index (χ2n) is 4.75. The van der Waals surface area contributed by atoms with Crippen LogP contribution in [-0.2, 0) is 0 Å². The largest absolute Gasteiger partial charge is 0.314 e. The standard InChI is InChI=1S/C13H22N2S2/c1-11-10-17-13(15-11)16-9-5-8-14-12-6-3-2-4-7-12/h10,12,14H,2-9H2,1H3. The molecule has 1 aliphatic carbocycles. The predicted octanol–water partition coefficient (Wildman–Crippen LogP) is 3.86. The van der Waals surface area contributed by atoms with Crippen molar-refractivity contribution in [2.45, 2.75) is 55.8 Å². The molecule has 1 N–H and O–H groups in total. The molecule has 0 amide bonds. The Morgan fingerprint density at radius 1 is 1.41 bits per heavy atom. The van der Waals surface area contributed by atoms with E-state index in [0.717, 1.165) is 11.7 Å². The van der Waals surface area contributed by atoms with E-state index in [-0.39, 0.29) is 0 Å². The maximum absolute atomic E-state index is 4.46. The third-order valence-electron chi connectivity index (χ3n) is 3.18. The average molecular weight is 270 g/mol. The lowest BCUT2D eigenvalue weighted by atomic mass is 9.95. The van der Waals surface area contributed by atoms with Crippen LogP contribution in [0.15, 0.2) is 9.72 Å². The van der Waals surface area contributed by atoms with E-state index in [1.165, 1.54) is 55.2 Å². The number of thiazole rings is 1. The van der Waals surface area contributed by atoms with Gasteiger partial charge in [0.25, 0.3) is 0 Å². The summed E-state index contributed by atoms with van der Waals surface area (Å²) in [5, 5.41) is 5.81. The lowest BCUT2D eigenvalue weighted by molar-refractivity contribution is 0.375. The third kappa shape index (κ3) is 4.98. The van der Waals surface area contributed by atoms with Gasteiger partial charge in [-0.3, -0.25) is 0 Å². The van der Waals surface area contributed by atoms with Gasteiger partial charge in [-0.25, -0.2) is 4.98 Å². The maximum atomic E-state index is 4.46. The van der Waals surface area contributed by atoms with Gasteiger partial charge in [-0.05, 0) is 32.7 Å². The highest BCUT2D eigenvalue weighted by Crippen LogP contribution is 2.22. The molecular formula is C13H22N2S2. The topological polar surface area (TPSA) is 24.9 Å². The van der Waals surface area contributed by atoms with Crippen LogP contribution in [-0.4, -0.2) is 23.3 Å². The molecule has 0 aromatic carbocycles. The van der Waals surface area contributed by atoms with Crippen LogP contribution in [0.3, 0.4) is 0 Å². The fourth-order valence-electron chi connectivity index (χ4n) is 2.24. The van der Waals surface area contributed by atoms with Crippen molar-refractivity contribution in [3.63, 3.8) is 0 Å². The summed E-state index contributed by atoms with van der Waals surface area (Å²) in [6.45, 7) is 3.23. The van der Waals surface area contributed by atoms with Crippen LogP contribution < -0.4 is 5.32 Å². The molecule has 96 valence electrons. The van der Waals surface area contributed by atoms with E-state index in [2.05, 4.69) is 22.6 Å². The van der Waals surface area contributed by atoms with Crippen molar-refractivity contribution in [3.05, 3.63) is 11.1 Å². The highest BCUT2D eigenvalue weighted by atomic mass is 32.2. The van der Waals surface area contributed by atoms with Crippen LogP contribution in [0, 0.1) is 6.92 Å². The van der Waals surface area contributed by atoms with E-state index in [0.29, 0.717) is 0 Å². The lowest BCUT2D eigenvalue weighted by Crippen LogP contribution is -2.31. The summed E-state index contributed by atoms with van der Waals surface area (Å²) in [4.78, 5) is 4.46. The average Bonchev–Trinajstić information content (AvgIpc) is 2.76. The normalized spacial score (nSPS) is 17.5. The van der Waals surface area contributed by atoms with Gasteiger partial charge >= 0.3 is 0 Å². The Morgan fingerprint density at radius 2 is 2.24 bits per heavy atom. The minimum absolute atomic E-state index is 0.802. The van der Waals surface area contributed by atoms with Crippen molar-refractivity contribution in [3.8, 4) is 0 Å². The smallest absolute Gasteiger partial charge is 0.150 e. The Kier molecular flexibility index (Phi) is 5.81. The van der Waals surface area contributed by atoms with E-state index >= 15 is 0 Å².